The van der Waals surface area contributed by atoms with Gasteiger partial charge in [-0.15, -0.1) is 0 Å². The fourth-order valence-corrected chi connectivity index (χ4v) is 2.57. The summed E-state index contributed by atoms with van der Waals surface area (Å²) in [5.74, 6) is -0.881. The molecule has 0 saturated carbocycles. The van der Waals surface area contributed by atoms with Gasteiger partial charge in [0.15, 0.2) is 11.7 Å². The number of amides is 1. The summed E-state index contributed by atoms with van der Waals surface area (Å²) < 4.78 is 10.6. The molecule has 7 nitrogen and oxygen atoms in total. The largest absolute Gasteiger partial charge is 0.452 e. The SMILES string of the molecule is C[C@@H](OC(=O)CSc1nc2ccccc2o1)C(=O)N(C)CCC#N. The molecule has 1 aromatic carbocycles. The number of para-hydroxylation sites is 2. The summed E-state index contributed by atoms with van der Waals surface area (Å²) in [4.78, 5) is 29.4. The Hall–Kier alpha value is -2.53. The van der Waals surface area contributed by atoms with Gasteiger partial charge < -0.3 is 14.1 Å². The van der Waals surface area contributed by atoms with Gasteiger partial charge in [-0.1, -0.05) is 23.9 Å². The predicted octanol–water partition coefficient (Wildman–Crippen LogP) is 2.22. The van der Waals surface area contributed by atoms with Crippen molar-refractivity contribution in [1.29, 1.82) is 5.26 Å². The first-order valence-corrected chi connectivity index (χ1v) is 8.29. The van der Waals surface area contributed by atoms with Crippen LogP contribution in [0.4, 0.5) is 0 Å². The van der Waals surface area contributed by atoms with Crippen LogP contribution in [0.1, 0.15) is 13.3 Å². The Morgan fingerprint density at radius 1 is 1.46 bits per heavy atom. The molecule has 0 radical (unpaired) electrons. The van der Waals surface area contributed by atoms with Crippen LogP contribution in [-0.4, -0.2) is 47.2 Å². The summed E-state index contributed by atoms with van der Waals surface area (Å²) in [5, 5.41) is 8.89. The molecule has 1 atom stereocenters. The molecule has 1 amide bonds. The van der Waals surface area contributed by atoms with E-state index in [9.17, 15) is 9.59 Å². The smallest absolute Gasteiger partial charge is 0.317 e. The van der Waals surface area contributed by atoms with E-state index < -0.39 is 12.1 Å². The van der Waals surface area contributed by atoms with Crippen LogP contribution >= 0.6 is 11.8 Å². The summed E-state index contributed by atoms with van der Waals surface area (Å²) in [6, 6.07) is 9.26. The first-order valence-electron chi connectivity index (χ1n) is 7.31. The number of carbonyl (C=O) groups is 2. The first kappa shape index (κ1) is 17.8. The van der Waals surface area contributed by atoms with Gasteiger partial charge in [-0.05, 0) is 19.1 Å². The van der Waals surface area contributed by atoms with E-state index in [4.69, 9.17) is 14.4 Å². The van der Waals surface area contributed by atoms with Crippen LogP contribution in [0.25, 0.3) is 11.1 Å². The monoisotopic (exact) mass is 347 g/mol. The fraction of sp³-hybridized carbons (Fsp3) is 0.375. The van der Waals surface area contributed by atoms with Gasteiger partial charge in [-0.25, -0.2) is 4.98 Å². The molecule has 0 bridgehead atoms. The molecule has 0 aliphatic carbocycles. The number of aromatic nitrogens is 1. The lowest BCUT2D eigenvalue weighted by molar-refractivity contribution is -0.156. The molecule has 0 saturated heterocycles. The molecule has 0 aliphatic heterocycles. The molecule has 2 aromatic rings. The Morgan fingerprint density at radius 2 is 2.21 bits per heavy atom. The minimum Gasteiger partial charge on any atom is -0.452 e. The summed E-state index contributed by atoms with van der Waals surface area (Å²) >= 11 is 1.11. The number of nitriles is 1. The van der Waals surface area contributed by atoms with Gasteiger partial charge in [-0.2, -0.15) is 5.26 Å². The van der Waals surface area contributed by atoms with Crippen molar-refractivity contribution in [2.45, 2.75) is 24.7 Å². The zero-order chi connectivity index (χ0) is 17.5. The van der Waals surface area contributed by atoms with Gasteiger partial charge in [0.2, 0.25) is 0 Å². The van der Waals surface area contributed by atoms with Gasteiger partial charge in [-0.3, -0.25) is 9.59 Å². The Kier molecular flexibility index (Phi) is 6.21. The summed E-state index contributed by atoms with van der Waals surface area (Å²) in [5.41, 5.74) is 1.37. The highest BCUT2D eigenvalue weighted by Crippen LogP contribution is 2.23. The minimum absolute atomic E-state index is 0.00759. The maximum atomic E-state index is 12.0. The van der Waals surface area contributed by atoms with E-state index in [-0.39, 0.29) is 18.1 Å². The van der Waals surface area contributed by atoms with E-state index in [0.717, 1.165) is 17.3 Å². The van der Waals surface area contributed by atoms with E-state index >= 15 is 0 Å². The third kappa shape index (κ3) is 4.73. The second-order valence-electron chi connectivity index (χ2n) is 5.04. The Bertz CT molecular complexity index is 735. The van der Waals surface area contributed by atoms with Crippen LogP contribution in [0.15, 0.2) is 33.9 Å². The Labute approximate surface area is 143 Å². The number of rotatable bonds is 7. The van der Waals surface area contributed by atoms with Gasteiger partial charge >= 0.3 is 5.97 Å². The topological polar surface area (TPSA) is 96.4 Å². The maximum absolute atomic E-state index is 12.0. The lowest BCUT2D eigenvalue weighted by atomic mass is 10.3. The predicted molar refractivity (Wildman–Crippen MR) is 88.2 cm³/mol. The number of hydrogen-bond donors (Lipinski definition) is 0. The molecule has 0 spiro atoms. The molecular formula is C16H17N3O4S. The Morgan fingerprint density at radius 3 is 2.92 bits per heavy atom. The molecule has 2 rings (SSSR count). The van der Waals surface area contributed by atoms with Crippen molar-refractivity contribution >= 4 is 34.7 Å². The van der Waals surface area contributed by atoms with Crippen molar-refractivity contribution in [2.24, 2.45) is 0 Å². The van der Waals surface area contributed by atoms with Gasteiger partial charge in [0.1, 0.15) is 11.3 Å². The maximum Gasteiger partial charge on any atom is 0.317 e. The molecule has 0 aliphatic rings. The van der Waals surface area contributed by atoms with Crippen LogP contribution in [0.3, 0.4) is 0 Å². The molecular weight excluding hydrogens is 330 g/mol. The van der Waals surface area contributed by atoms with Crippen LogP contribution in [0, 0.1) is 11.3 Å². The number of thioether (sulfide) groups is 1. The zero-order valence-electron chi connectivity index (χ0n) is 13.4. The number of nitrogens with zero attached hydrogens (tertiary/aromatic N) is 3. The first-order chi connectivity index (χ1) is 11.5. The second-order valence-corrected chi connectivity index (χ2v) is 5.96. The second kappa shape index (κ2) is 8.36. The number of esters is 1. The van der Waals surface area contributed by atoms with E-state index in [1.165, 1.54) is 11.8 Å². The standard InChI is InChI=1S/C16H17N3O4S/c1-11(15(21)19(2)9-5-8-17)22-14(20)10-24-16-18-12-6-3-4-7-13(12)23-16/h3-4,6-7,11H,5,9-10H2,1-2H3/t11-/m1/s1. The van der Waals surface area contributed by atoms with E-state index in [1.54, 1.807) is 13.1 Å². The molecule has 0 N–H and O–H groups in total. The highest BCUT2D eigenvalue weighted by atomic mass is 32.2. The third-order valence-corrected chi connectivity index (χ3v) is 3.98. The summed E-state index contributed by atoms with van der Waals surface area (Å²) in [6.07, 6.45) is -0.665. The molecule has 0 fully saturated rings. The van der Waals surface area contributed by atoms with Crippen LogP contribution in [0.2, 0.25) is 0 Å². The van der Waals surface area contributed by atoms with Crippen molar-refractivity contribution in [2.75, 3.05) is 19.3 Å². The van der Waals surface area contributed by atoms with Crippen LogP contribution in [-0.2, 0) is 14.3 Å². The summed E-state index contributed by atoms with van der Waals surface area (Å²) in [7, 11) is 1.57. The fourth-order valence-electron chi connectivity index (χ4n) is 1.95. The van der Waals surface area contributed by atoms with Crippen LogP contribution in [0.5, 0.6) is 0 Å². The van der Waals surface area contributed by atoms with Crippen molar-refractivity contribution in [3.8, 4) is 6.07 Å². The van der Waals surface area contributed by atoms with Crippen molar-refractivity contribution < 1.29 is 18.7 Å². The van der Waals surface area contributed by atoms with E-state index in [2.05, 4.69) is 4.98 Å². The molecule has 1 aromatic heterocycles. The van der Waals surface area contributed by atoms with Gasteiger partial charge in [0, 0.05) is 13.6 Å². The molecule has 24 heavy (non-hydrogen) atoms. The lowest BCUT2D eigenvalue weighted by Gasteiger charge is -2.20. The van der Waals surface area contributed by atoms with Crippen LogP contribution < -0.4 is 0 Å². The highest BCUT2D eigenvalue weighted by molar-refractivity contribution is 7.99. The van der Waals surface area contributed by atoms with Gasteiger partial charge in [0.05, 0.1) is 12.5 Å². The van der Waals surface area contributed by atoms with E-state index in [1.807, 2.05) is 24.3 Å². The molecule has 1 heterocycles. The quantitative estimate of drug-likeness (QED) is 0.559. The molecule has 126 valence electrons. The number of likely N-dealkylation sites (N-methyl/N-ethyl adjacent to an activating group) is 1. The average molecular weight is 347 g/mol. The Balaban J connectivity index is 1.82. The zero-order valence-corrected chi connectivity index (χ0v) is 14.2. The van der Waals surface area contributed by atoms with E-state index in [0.29, 0.717) is 17.4 Å². The highest BCUT2D eigenvalue weighted by Gasteiger charge is 2.21. The normalized spacial score (nSPS) is 11.7. The number of benzene rings is 1. The number of fused-ring (bicyclic) bond motifs is 1. The van der Waals surface area contributed by atoms with Crippen molar-refractivity contribution in [3.05, 3.63) is 24.3 Å². The third-order valence-electron chi connectivity index (χ3n) is 3.18. The van der Waals surface area contributed by atoms with Crippen molar-refractivity contribution in [3.63, 3.8) is 0 Å². The number of oxazole rings is 1. The molecule has 0 unspecified atom stereocenters. The average Bonchev–Trinajstić information content (AvgIpc) is 3.00. The number of ether oxygens (including phenoxy) is 1. The molecule has 8 heteroatoms. The minimum atomic E-state index is -0.898. The number of hydrogen-bond acceptors (Lipinski definition) is 7. The summed E-state index contributed by atoms with van der Waals surface area (Å²) in [6.45, 7) is 1.81. The number of carbonyl (C=O) groups excluding carboxylic acids is 2. The van der Waals surface area contributed by atoms with Crippen molar-refractivity contribution in [1.82, 2.24) is 9.88 Å². The van der Waals surface area contributed by atoms with Gasteiger partial charge in [0.25, 0.3) is 11.1 Å². The lowest BCUT2D eigenvalue weighted by Crippen LogP contribution is -2.38.